The fourth-order valence-corrected chi connectivity index (χ4v) is 1.80. The van der Waals surface area contributed by atoms with Crippen LogP contribution in [-0.4, -0.2) is 26.6 Å². The van der Waals surface area contributed by atoms with Crippen LogP contribution in [-0.2, 0) is 22.8 Å². The molecule has 100 valence electrons. The number of carbonyl (C=O) groups excluding carboxylic acids is 2. The highest BCUT2D eigenvalue weighted by molar-refractivity contribution is 5.88. The smallest absolute Gasteiger partial charge is 0.183 e. The molecule has 1 heterocycles. The Kier molecular flexibility index (Phi) is 5.61. The first-order valence-corrected chi connectivity index (χ1v) is 6.10. The van der Waals surface area contributed by atoms with Crippen LogP contribution in [0.5, 0.6) is 0 Å². The summed E-state index contributed by atoms with van der Waals surface area (Å²) >= 11 is 0. The Bertz CT molecular complexity index is 417. The molecule has 0 aliphatic rings. The van der Waals surface area contributed by atoms with Crippen molar-refractivity contribution in [1.29, 1.82) is 0 Å². The van der Waals surface area contributed by atoms with Crippen LogP contribution in [0.3, 0.4) is 0 Å². The average Bonchev–Trinajstić information content (AvgIpc) is 2.82. The number of alkyl halides is 1. The van der Waals surface area contributed by atoms with Crippen molar-refractivity contribution in [2.75, 3.05) is 0 Å². The van der Waals surface area contributed by atoms with Crippen LogP contribution in [0.4, 0.5) is 4.39 Å². The van der Waals surface area contributed by atoms with Gasteiger partial charge in [-0.15, -0.1) is 5.10 Å². The van der Waals surface area contributed by atoms with Crippen molar-refractivity contribution in [3.63, 3.8) is 0 Å². The van der Waals surface area contributed by atoms with Crippen LogP contribution in [0.25, 0.3) is 0 Å². The third-order valence-electron chi connectivity index (χ3n) is 2.86. The van der Waals surface area contributed by atoms with Crippen molar-refractivity contribution < 1.29 is 14.0 Å². The van der Waals surface area contributed by atoms with Gasteiger partial charge in [0, 0.05) is 18.8 Å². The van der Waals surface area contributed by atoms with E-state index in [2.05, 4.69) is 10.3 Å². The predicted molar refractivity (Wildman–Crippen MR) is 63.5 cm³/mol. The normalized spacial score (nSPS) is 12.4. The van der Waals surface area contributed by atoms with Crippen molar-refractivity contribution in [2.24, 2.45) is 5.92 Å². The summed E-state index contributed by atoms with van der Waals surface area (Å²) in [5.74, 6) is -0.161. The van der Waals surface area contributed by atoms with Crippen molar-refractivity contribution in [1.82, 2.24) is 15.0 Å². The van der Waals surface area contributed by atoms with Gasteiger partial charge in [0.2, 0.25) is 0 Å². The molecule has 0 aliphatic heterocycles. The first kappa shape index (κ1) is 14.5. The number of aromatic nitrogens is 3. The maximum Gasteiger partial charge on any atom is 0.183 e. The number of carbonyl (C=O) groups is 2. The van der Waals surface area contributed by atoms with Gasteiger partial charge in [0.15, 0.2) is 6.80 Å². The van der Waals surface area contributed by atoms with E-state index in [4.69, 9.17) is 0 Å². The molecule has 0 spiro atoms. The minimum Gasteiger partial charge on any atom is -0.299 e. The Morgan fingerprint density at radius 3 is 2.67 bits per heavy atom. The molecule has 5 nitrogen and oxygen atoms in total. The van der Waals surface area contributed by atoms with E-state index in [0.29, 0.717) is 18.5 Å². The Labute approximate surface area is 105 Å². The number of ketones is 2. The zero-order chi connectivity index (χ0) is 13.5. The van der Waals surface area contributed by atoms with Gasteiger partial charge in [-0.3, -0.25) is 9.59 Å². The average molecular weight is 254 g/mol. The predicted octanol–water partition coefficient (Wildman–Crippen LogP) is 1.71. The molecule has 1 aromatic rings. The summed E-state index contributed by atoms with van der Waals surface area (Å²) in [5.41, 5.74) is 0.441. The Balaban J connectivity index is 2.52. The summed E-state index contributed by atoms with van der Waals surface area (Å²) < 4.78 is 13.2. The summed E-state index contributed by atoms with van der Waals surface area (Å²) in [6.45, 7) is 2.93. The molecular formula is C12H18FN3O2. The number of hydrogen-bond acceptors (Lipinski definition) is 4. The van der Waals surface area contributed by atoms with Crippen LogP contribution in [0.1, 0.15) is 38.8 Å². The van der Waals surface area contributed by atoms with Crippen LogP contribution < -0.4 is 0 Å². The lowest BCUT2D eigenvalue weighted by atomic mass is 9.92. The Hall–Kier alpha value is -1.59. The zero-order valence-electron chi connectivity index (χ0n) is 10.7. The van der Waals surface area contributed by atoms with Crippen molar-refractivity contribution >= 4 is 11.6 Å². The van der Waals surface area contributed by atoms with E-state index in [-0.39, 0.29) is 30.3 Å². The van der Waals surface area contributed by atoms with Gasteiger partial charge in [-0.2, -0.15) is 0 Å². The van der Waals surface area contributed by atoms with E-state index in [1.165, 1.54) is 6.20 Å². The first-order valence-electron chi connectivity index (χ1n) is 6.10. The van der Waals surface area contributed by atoms with E-state index < -0.39 is 6.80 Å². The highest BCUT2D eigenvalue weighted by Crippen LogP contribution is 2.13. The molecule has 6 heteroatoms. The second kappa shape index (κ2) is 6.98. The largest absolute Gasteiger partial charge is 0.299 e. The molecule has 0 aromatic carbocycles. The van der Waals surface area contributed by atoms with Gasteiger partial charge in [0.05, 0.1) is 18.3 Å². The fourth-order valence-electron chi connectivity index (χ4n) is 1.80. The van der Waals surface area contributed by atoms with Gasteiger partial charge >= 0.3 is 0 Å². The highest BCUT2D eigenvalue weighted by atomic mass is 18.2. The summed E-state index contributed by atoms with van der Waals surface area (Å²) in [5, 5.41) is 7.20. The van der Waals surface area contributed by atoms with E-state index in [0.717, 1.165) is 4.68 Å². The van der Waals surface area contributed by atoms with Crippen LogP contribution in [0, 0.1) is 5.92 Å². The second-order valence-electron chi connectivity index (χ2n) is 4.21. The summed E-state index contributed by atoms with van der Waals surface area (Å²) in [4.78, 5) is 23.3. The molecule has 0 saturated heterocycles. The molecule has 1 atom stereocenters. The molecule has 0 bridgehead atoms. The van der Waals surface area contributed by atoms with Gasteiger partial charge in [0.25, 0.3) is 0 Å². The zero-order valence-corrected chi connectivity index (χ0v) is 10.7. The van der Waals surface area contributed by atoms with Crippen LogP contribution >= 0.6 is 0 Å². The molecule has 1 aromatic heterocycles. The molecule has 0 radical (unpaired) electrons. The minimum absolute atomic E-state index is 0.0606. The summed E-state index contributed by atoms with van der Waals surface area (Å²) in [6, 6.07) is 0. The lowest BCUT2D eigenvalue weighted by molar-refractivity contribution is -0.127. The molecule has 0 amide bonds. The lowest BCUT2D eigenvalue weighted by Crippen LogP contribution is -2.18. The standard InChI is InChI=1S/C12H18FN3O2/c1-3-9(12(18)4-2)5-11(17)6-10-7-16(8-13)15-14-10/h7,9H,3-6,8H2,1-2H3/i13-1. The van der Waals surface area contributed by atoms with E-state index in [1.54, 1.807) is 6.92 Å². The number of halogens is 1. The van der Waals surface area contributed by atoms with Crippen LogP contribution in [0.2, 0.25) is 0 Å². The minimum atomic E-state index is -0.757. The van der Waals surface area contributed by atoms with E-state index in [1.807, 2.05) is 6.92 Å². The molecule has 0 saturated carbocycles. The molecule has 0 N–H and O–H groups in total. The number of nitrogens with zero attached hydrogens (tertiary/aromatic N) is 3. The summed E-state index contributed by atoms with van der Waals surface area (Å²) in [7, 11) is 0. The van der Waals surface area contributed by atoms with Gasteiger partial charge in [-0.05, 0) is 6.42 Å². The fraction of sp³-hybridized carbons (Fsp3) is 0.667. The summed E-state index contributed by atoms with van der Waals surface area (Å²) in [6.07, 6.45) is 2.85. The number of Topliss-reactive ketones (excluding diaryl/α,β-unsaturated/α-hetero) is 2. The van der Waals surface area contributed by atoms with Crippen molar-refractivity contribution in [3.8, 4) is 0 Å². The third-order valence-corrected chi connectivity index (χ3v) is 2.86. The Morgan fingerprint density at radius 1 is 1.44 bits per heavy atom. The van der Waals surface area contributed by atoms with Crippen LogP contribution in [0.15, 0.2) is 6.20 Å². The monoisotopic (exact) mass is 254 g/mol. The van der Waals surface area contributed by atoms with Gasteiger partial charge in [-0.25, -0.2) is 9.07 Å². The highest BCUT2D eigenvalue weighted by Gasteiger charge is 2.19. The maximum atomic E-state index is 12.2. The SMILES string of the molecule is CCC(=O)C(CC)CC(=O)Cc1cn(C[18F])nn1. The number of hydrogen-bond donors (Lipinski definition) is 0. The second-order valence-corrected chi connectivity index (χ2v) is 4.21. The molecule has 18 heavy (non-hydrogen) atoms. The van der Waals surface area contributed by atoms with E-state index >= 15 is 0 Å². The molecule has 0 fully saturated rings. The topological polar surface area (TPSA) is 64.8 Å². The Morgan fingerprint density at radius 2 is 2.17 bits per heavy atom. The molecule has 0 aliphatic carbocycles. The molecular weight excluding hydrogens is 236 g/mol. The van der Waals surface area contributed by atoms with Crippen molar-refractivity contribution in [3.05, 3.63) is 11.9 Å². The van der Waals surface area contributed by atoms with Crippen molar-refractivity contribution in [2.45, 2.75) is 46.3 Å². The quantitative estimate of drug-likeness (QED) is 0.708. The molecule has 1 unspecified atom stereocenters. The third kappa shape index (κ3) is 4.01. The maximum absolute atomic E-state index is 12.2. The number of rotatable bonds is 8. The lowest BCUT2D eigenvalue weighted by Gasteiger charge is -2.10. The van der Waals surface area contributed by atoms with Gasteiger partial charge < -0.3 is 0 Å². The van der Waals surface area contributed by atoms with Gasteiger partial charge in [0.1, 0.15) is 11.6 Å². The molecule has 1 rings (SSSR count). The first-order chi connectivity index (χ1) is 8.60. The van der Waals surface area contributed by atoms with Gasteiger partial charge in [-0.1, -0.05) is 19.1 Å². The van der Waals surface area contributed by atoms with E-state index in [9.17, 15) is 14.0 Å².